The van der Waals surface area contributed by atoms with Crippen LogP contribution in [0.25, 0.3) is 10.8 Å². The fourth-order valence-corrected chi connectivity index (χ4v) is 3.60. The molecule has 0 saturated carbocycles. The number of sulfonamides is 1. The molecule has 0 aliphatic carbocycles. The van der Waals surface area contributed by atoms with Crippen LogP contribution in [0.5, 0.6) is 0 Å². The number of aliphatic imine (C=N–C) groups is 1. The van der Waals surface area contributed by atoms with Gasteiger partial charge < -0.3 is 0 Å². The minimum atomic E-state index is -3.58. The summed E-state index contributed by atoms with van der Waals surface area (Å²) >= 11 is 0. The molecule has 0 spiro atoms. The highest BCUT2D eigenvalue weighted by Gasteiger charge is 2.23. The van der Waals surface area contributed by atoms with Gasteiger partial charge in [0.05, 0.1) is 18.0 Å². The molecule has 0 amide bonds. The van der Waals surface area contributed by atoms with Gasteiger partial charge in [-0.15, -0.1) is 0 Å². The molecule has 3 rings (SSSR count). The number of nitrogens with zero attached hydrogens (tertiary/aromatic N) is 3. The summed E-state index contributed by atoms with van der Waals surface area (Å²) in [5, 5.41) is 1.48. The molecule has 0 N–H and O–H groups in total. The third kappa shape index (κ3) is 2.18. The predicted molar refractivity (Wildman–Crippen MR) is 78.1 cm³/mol. The number of fused-ring (bicyclic) bond motifs is 1. The number of hydrogen-bond acceptors (Lipinski definition) is 4. The number of pyridine rings is 1. The molecule has 5 nitrogen and oxygen atoms in total. The molecule has 1 aromatic carbocycles. The fourth-order valence-electron chi connectivity index (χ4n) is 2.12. The van der Waals surface area contributed by atoms with E-state index in [1.165, 1.54) is 4.31 Å². The minimum Gasteiger partial charge on any atom is -0.291 e. The summed E-state index contributed by atoms with van der Waals surface area (Å²) in [6.07, 6.45) is 8.18. The van der Waals surface area contributed by atoms with Gasteiger partial charge in [-0.2, -0.15) is 0 Å². The van der Waals surface area contributed by atoms with Gasteiger partial charge in [0.15, 0.2) is 0 Å². The molecule has 0 radical (unpaired) electrons. The molecular formula is C14H13N3O2S. The highest BCUT2D eigenvalue weighted by molar-refractivity contribution is 7.89. The van der Waals surface area contributed by atoms with Crippen molar-refractivity contribution in [2.45, 2.75) is 4.90 Å². The Morgan fingerprint density at radius 3 is 3.00 bits per heavy atom. The molecule has 0 atom stereocenters. The first-order valence-electron chi connectivity index (χ1n) is 6.19. The Hall–Kier alpha value is -2.21. The van der Waals surface area contributed by atoms with Crippen LogP contribution < -0.4 is 0 Å². The Kier molecular flexibility index (Phi) is 3.23. The lowest BCUT2D eigenvalue weighted by molar-refractivity contribution is 0.530. The van der Waals surface area contributed by atoms with Crippen LogP contribution in [0.4, 0.5) is 0 Å². The molecule has 0 fully saturated rings. The van der Waals surface area contributed by atoms with Crippen LogP contribution in [0.3, 0.4) is 0 Å². The topological polar surface area (TPSA) is 62.6 Å². The molecule has 0 bridgehead atoms. The van der Waals surface area contributed by atoms with Crippen LogP contribution in [-0.2, 0) is 10.0 Å². The normalized spacial score (nSPS) is 15.5. The maximum absolute atomic E-state index is 12.7. The first-order valence-corrected chi connectivity index (χ1v) is 7.63. The van der Waals surface area contributed by atoms with E-state index < -0.39 is 10.0 Å². The molecular weight excluding hydrogens is 274 g/mol. The van der Waals surface area contributed by atoms with Crippen molar-refractivity contribution in [1.82, 2.24) is 9.29 Å². The summed E-state index contributed by atoms with van der Waals surface area (Å²) in [7, 11) is -3.58. The highest BCUT2D eigenvalue weighted by Crippen LogP contribution is 2.25. The van der Waals surface area contributed by atoms with Gasteiger partial charge in [-0.3, -0.25) is 14.3 Å². The van der Waals surface area contributed by atoms with Crippen LogP contribution in [0.15, 0.2) is 58.8 Å². The lowest BCUT2D eigenvalue weighted by atomic mass is 10.2. The Morgan fingerprint density at radius 1 is 1.20 bits per heavy atom. The van der Waals surface area contributed by atoms with Gasteiger partial charge in [-0.05, 0) is 18.2 Å². The van der Waals surface area contributed by atoms with Crippen LogP contribution in [-0.4, -0.2) is 37.0 Å². The second kappa shape index (κ2) is 5.05. The lowest BCUT2D eigenvalue weighted by Gasteiger charge is -2.18. The smallest absolute Gasteiger partial charge is 0.264 e. The number of benzene rings is 1. The highest BCUT2D eigenvalue weighted by atomic mass is 32.2. The molecule has 2 heterocycles. The predicted octanol–water partition coefficient (Wildman–Crippen LogP) is 1.82. The Bertz CT molecular complexity index is 792. The van der Waals surface area contributed by atoms with E-state index in [0.29, 0.717) is 11.9 Å². The molecule has 1 aliphatic rings. The third-order valence-corrected chi connectivity index (χ3v) is 4.90. The van der Waals surface area contributed by atoms with Crippen molar-refractivity contribution in [3.05, 3.63) is 48.9 Å². The van der Waals surface area contributed by atoms with Crippen molar-refractivity contribution in [1.29, 1.82) is 0 Å². The summed E-state index contributed by atoms with van der Waals surface area (Å²) in [5.41, 5.74) is 0. The van der Waals surface area contributed by atoms with E-state index in [4.69, 9.17) is 0 Å². The summed E-state index contributed by atoms with van der Waals surface area (Å²) in [6, 6.07) is 6.92. The van der Waals surface area contributed by atoms with Crippen LogP contribution in [0, 0.1) is 0 Å². The Labute approximate surface area is 117 Å². The number of aromatic nitrogens is 1. The minimum absolute atomic E-state index is 0.250. The van der Waals surface area contributed by atoms with E-state index in [2.05, 4.69) is 9.98 Å². The molecule has 1 aromatic heterocycles. The average molecular weight is 287 g/mol. The fraction of sp³-hybridized carbons (Fsp3) is 0.143. The van der Waals surface area contributed by atoms with Crippen molar-refractivity contribution in [3.8, 4) is 0 Å². The van der Waals surface area contributed by atoms with Crippen molar-refractivity contribution < 1.29 is 8.42 Å². The van der Waals surface area contributed by atoms with Gasteiger partial charge in [-0.25, -0.2) is 8.42 Å². The SMILES string of the molecule is O=S(=O)(c1cccc2cnccc12)N1C=CCN=CC1. The Morgan fingerprint density at radius 2 is 2.10 bits per heavy atom. The van der Waals surface area contributed by atoms with Gasteiger partial charge in [0.25, 0.3) is 10.0 Å². The van der Waals surface area contributed by atoms with Gasteiger partial charge in [0.1, 0.15) is 0 Å². The molecule has 102 valence electrons. The van der Waals surface area contributed by atoms with Crippen molar-refractivity contribution in [2.75, 3.05) is 13.1 Å². The van der Waals surface area contributed by atoms with Crippen LogP contribution in [0.2, 0.25) is 0 Å². The largest absolute Gasteiger partial charge is 0.291 e. The van der Waals surface area contributed by atoms with Crippen molar-refractivity contribution in [2.24, 2.45) is 4.99 Å². The molecule has 0 unspecified atom stereocenters. The molecule has 2 aromatic rings. The quantitative estimate of drug-likeness (QED) is 0.846. The lowest BCUT2D eigenvalue weighted by Crippen LogP contribution is -2.27. The standard InChI is InChI=1S/C14H13N3O2S/c18-20(19,17-9-2-6-15-8-10-17)14-4-1-3-12-11-16-7-5-13(12)14/h1-5,7-9,11H,6,10H2. The van der Waals surface area contributed by atoms with E-state index in [-0.39, 0.29) is 11.4 Å². The second-order valence-corrected chi connectivity index (χ2v) is 6.22. The monoisotopic (exact) mass is 287 g/mol. The zero-order valence-corrected chi connectivity index (χ0v) is 11.5. The number of hydrogen-bond donors (Lipinski definition) is 0. The zero-order chi connectivity index (χ0) is 14.0. The first kappa shape index (κ1) is 12.8. The molecule has 0 saturated heterocycles. The van der Waals surface area contributed by atoms with E-state index >= 15 is 0 Å². The summed E-state index contributed by atoms with van der Waals surface area (Å²) < 4.78 is 26.8. The van der Waals surface area contributed by atoms with Gasteiger partial charge in [0.2, 0.25) is 0 Å². The zero-order valence-electron chi connectivity index (χ0n) is 10.7. The van der Waals surface area contributed by atoms with Crippen LogP contribution >= 0.6 is 0 Å². The summed E-state index contributed by atoms with van der Waals surface area (Å²) in [6.45, 7) is 0.756. The van der Waals surface area contributed by atoms with Crippen LogP contribution in [0.1, 0.15) is 0 Å². The molecule has 1 aliphatic heterocycles. The number of rotatable bonds is 2. The maximum atomic E-state index is 12.7. The molecule has 6 heteroatoms. The van der Waals surface area contributed by atoms with E-state index in [1.807, 2.05) is 6.07 Å². The van der Waals surface area contributed by atoms with Gasteiger partial charge >= 0.3 is 0 Å². The second-order valence-electron chi connectivity index (χ2n) is 4.36. The van der Waals surface area contributed by atoms with Gasteiger partial charge in [-0.1, -0.05) is 12.1 Å². The van der Waals surface area contributed by atoms with E-state index in [0.717, 1.165) is 5.39 Å². The van der Waals surface area contributed by atoms with E-state index in [9.17, 15) is 8.42 Å². The summed E-state index contributed by atoms with van der Waals surface area (Å²) in [5.74, 6) is 0. The summed E-state index contributed by atoms with van der Waals surface area (Å²) in [4.78, 5) is 8.37. The van der Waals surface area contributed by atoms with Crippen molar-refractivity contribution >= 4 is 27.0 Å². The van der Waals surface area contributed by atoms with Crippen molar-refractivity contribution in [3.63, 3.8) is 0 Å². The van der Waals surface area contributed by atoms with Gasteiger partial charge in [0, 0.05) is 35.6 Å². The third-order valence-electron chi connectivity index (χ3n) is 3.10. The average Bonchev–Trinajstić information content (AvgIpc) is 2.76. The first-order chi connectivity index (χ1) is 9.69. The molecule has 20 heavy (non-hydrogen) atoms. The maximum Gasteiger partial charge on any atom is 0.264 e. The van der Waals surface area contributed by atoms with E-state index in [1.54, 1.807) is 49.1 Å². The Balaban J connectivity index is 2.16.